The number of alkyl carbamates (subject to hydrolysis) is 1. The minimum atomic E-state index is -1.24. The first kappa shape index (κ1) is 16.5. The van der Waals surface area contributed by atoms with Crippen LogP contribution in [0.25, 0.3) is 0 Å². The maximum absolute atomic E-state index is 11.8. The smallest absolute Gasteiger partial charge is 0.408 e. The molecule has 0 aromatic heterocycles. The third-order valence-corrected chi connectivity index (χ3v) is 2.81. The van der Waals surface area contributed by atoms with Crippen LogP contribution < -0.4 is 10.4 Å². The van der Waals surface area contributed by atoms with Gasteiger partial charge in [0.15, 0.2) is 0 Å². The van der Waals surface area contributed by atoms with Gasteiger partial charge in [0.2, 0.25) is 0 Å². The maximum Gasteiger partial charge on any atom is 0.408 e. The van der Waals surface area contributed by atoms with Crippen LogP contribution in [0, 0.1) is 0 Å². The van der Waals surface area contributed by atoms with E-state index in [1.54, 1.807) is 39.0 Å². The number of benzene rings is 1. The molecule has 1 atom stereocenters. The molecule has 0 unspecified atom stereocenters. The van der Waals surface area contributed by atoms with Gasteiger partial charge in [-0.25, -0.2) is 4.79 Å². The summed E-state index contributed by atoms with van der Waals surface area (Å²) in [7, 11) is 0. The van der Waals surface area contributed by atoms with Gasteiger partial charge in [0, 0.05) is 16.9 Å². The summed E-state index contributed by atoms with van der Waals surface area (Å²) in [6.07, 6.45) is -0.987. The Kier molecular flexibility index (Phi) is 5.56. The molecule has 0 saturated heterocycles. The third kappa shape index (κ3) is 6.06. The summed E-state index contributed by atoms with van der Waals surface area (Å²) < 4.78 is 5.92. The lowest BCUT2D eigenvalue weighted by atomic mass is 10.0. The highest BCUT2D eigenvalue weighted by atomic mass is 79.9. The Hall–Kier alpha value is -1.56. The number of carboxylic acids is 1. The lowest BCUT2D eigenvalue weighted by molar-refractivity contribution is -0.306. The molecule has 1 aromatic rings. The largest absolute Gasteiger partial charge is 0.550 e. The Labute approximate surface area is 126 Å². The molecule has 1 aromatic carbocycles. The number of carboxylic acid groups (broad SMARTS) is 1. The van der Waals surface area contributed by atoms with Crippen molar-refractivity contribution in [3.8, 4) is 0 Å². The zero-order chi connectivity index (χ0) is 15.3. The Bertz CT molecular complexity index is 496. The highest BCUT2D eigenvalue weighted by molar-refractivity contribution is 9.10. The SMILES string of the molecule is CC(C)(C)OC(=O)N[C@@H](CC(=O)[O-])c1cccc(Br)c1. The molecular formula is C14H17BrNO4-. The topological polar surface area (TPSA) is 78.5 Å². The van der Waals surface area contributed by atoms with Crippen LogP contribution in [0.1, 0.15) is 38.8 Å². The number of carbonyl (C=O) groups is 2. The number of aliphatic carboxylic acids is 1. The number of hydrogen-bond donors (Lipinski definition) is 1. The molecule has 0 aliphatic rings. The first-order chi connectivity index (χ1) is 9.17. The van der Waals surface area contributed by atoms with Gasteiger partial charge in [0.1, 0.15) is 5.60 Å². The molecule has 110 valence electrons. The van der Waals surface area contributed by atoms with E-state index in [0.717, 1.165) is 4.47 Å². The van der Waals surface area contributed by atoms with Crippen molar-refractivity contribution in [1.29, 1.82) is 0 Å². The quantitative estimate of drug-likeness (QED) is 0.909. The molecular weight excluding hydrogens is 326 g/mol. The summed E-state index contributed by atoms with van der Waals surface area (Å²) in [5.74, 6) is -1.24. The molecule has 1 amide bonds. The van der Waals surface area contributed by atoms with E-state index >= 15 is 0 Å². The fourth-order valence-electron chi connectivity index (χ4n) is 1.59. The van der Waals surface area contributed by atoms with E-state index < -0.39 is 23.7 Å². The molecule has 5 nitrogen and oxygen atoms in total. The van der Waals surface area contributed by atoms with Crippen LogP contribution in [0.4, 0.5) is 4.79 Å². The second kappa shape index (κ2) is 6.74. The van der Waals surface area contributed by atoms with Crippen molar-refractivity contribution < 1.29 is 19.4 Å². The van der Waals surface area contributed by atoms with Gasteiger partial charge < -0.3 is 20.0 Å². The van der Waals surface area contributed by atoms with E-state index in [0.29, 0.717) is 5.56 Å². The summed E-state index contributed by atoms with van der Waals surface area (Å²) in [4.78, 5) is 22.6. The predicted octanol–water partition coefficient (Wildman–Crippen LogP) is 2.15. The van der Waals surface area contributed by atoms with E-state index in [2.05, 4.69) is 21.2 Å². The van der Waals surface area contributed by atoms with E-state index in [-0.39, 0.29) is 6.42 Å². The molecule has 6 heteroatoms. The number of hydrogen-bond acceptors (Lipinski definition) is 4. The average Bonchev–Trinajstić information content (AvgIpc) is 2.24. The highest BCUT2D eigenvalue weighted by Crippen LogP contribution is 2.21. The molecule has 0 heterocycles. The Morgan fingerprint density at radius 1 is 1.40 bits per heavy atom. The molecule has 1 N–H and O–H groups in total. The van der Waals surface area contributed by atoms with Crippen molar-refractivity contribution in [3.05, 3.63) is 34.3 Å². The van der Waals surface area contributed by atoms with Gasteiger partial charge in [-0.1, -0.05) is 28.1 Å². The molecule has 0 radical (unpaired) electrons. The van der Waals surface area contributed by atoms with Gasteiger partial charge in [-0.15, -0.1) is 0 Å². The van der Waals surface area contributed by atoms with Crippen molar-refractivity contribution in [2.45, 2.75) is 38.8 Å². The van der Waals surface area contributed by atoms with Crippen molar-refractivity contribution in [3.63, 3.8) is 0 Å². The number of halogens is 1. The molecule has 20 heavy (non-hydrogen) atoms. The molecule has 0 aliphatic heterocycles. The molecule has 0 fully saturated rings. The fourth-order valence-corrected chi connectivity index (χ4v) is 2.01. The van der Waals surface area contributed by atoms with Crippen LogP contribution >= 0.6 is 15.9 Å². The zero-order valence-electron chi connectivity index (χ0n) is 11.6. The van der Waals surface area contributed by atoms with E-state index in [1.807, 2.05) is 6.07 Å². The second-order valence-electron chi connectivity index (χ2n) is 5.33. The number of nitrogens with one attached hydrogen (secondary N) is 1. The van der Waals surface area contributed by atoms with Crippen molar-refractivity contribution >= 4 is 28.0 Å². The predicted molar refractivity (Wildman–Crippen MR) is 75.9 cm³/mol. The molecule has 0 saturated carbocycles. The van der Waals surface area contributed by atoms with Gasteiger partial charge in [-0.3, -0.25) is 0 Å². The summed E-state index contributed by atoms with van der Waals surface area (Å²) in [5, 5.41) is 13.4. The van der Waals surface area contributed by atoms with Gasteiger partial charge >= 0.3 is 6.09 Å². The Morgan fingerprint density at radius 2 is 2.05 bits per heavy atom. The summed E-state index contributed by atoms with van der Waals surface area (Å²) in [5.41, 5.74) is 0.0161. The molecule has 1 rings (SSSR count). The van der Waals surface area contributed by atoms with Crippen LogP contribution in [0.15, 0.2) is 28.7 Å². The minimum absolute atomic E-state index is 0.324. The van der Waals surface area contributed by atoms with Crippen LogP contribution in [0.2, 0.25) is 0 Å². The lowest BCUT2D eigenvalue weighted by Gasteiger charge is -2.24. The zero-order valence-corrected chi connectivity index (χ0v) is 13.2. The fraction of sp³-hybridized carbons (Fsp3) is 0.429. The Morgan fingerprint density at radius 3 is 2.55 bits per heavy atom. The van der Waals surface area contributed by atoms with Crippen LogP contribution in [0.5, 0.6) is 0 Å². The standard InChI is InChI=1S/C14H18BrNO4/c1-14(2,3)20-13(19)16-11(8-12(17)18)9-5-4-6-10(15)7-9/h4-7,11H,8H2,1-3H3,(H,16,19)(H,17,18)/p-1/t11-/m0/s1. The van der Waals surface area contributed by atoms with Gasteiger partial charge in [0.05, 0.1) is 6.04 Å². The normalized spacial score (nSPS) is 12.6. The third-order valence-electron chi connectivity index (χ3n) is 2.31. The second-order valence-corrected chi connectivity index (χ2v) is 6.25. The lowest BCUT2D eigenvalue weighted by Crippen LogP contribution is -2.37. The average molecular weight is 343 g/mol. The van der Waals surface area contributed by atoms with E-state index in [9.17, 15) is 14.7 Å². The monoisotopic (exact) mass is 342 g/mol. The van der Waals surface area contributed by atoms with Gasteiger partial charge in [0.25, 0.3) is 0 Å². The molecule has 0 aliphatic carbocycles. The van der Waals surface area contributed by atoms with Gasteiger partial charge in [-0.05, 0) is 38.5 Å². The molecule has 0 spiro atoms. The number of ether oxygens (including phenoxy) is 1. The van der Waals surface area contributed by atoms with Crippen molar-refractivity contribution in [1.82, 2.24) is 5.32 Å². The summed E-state index contributed by atoms with van der Waals surface area (Å²) in [6.45, 7) is 5.21. The summed E-state index contributed by atoms with van der Waals surface area (Å²) in [6, 6.07) is 6.35. The van der Waals surface area contributed by atoms with E-state index in [4.69, 9.17) is 4.74 Å². The summed E-state index contributed by atoms with van der Waals surface area (Å²) >= 11 is 3.30. The van der Waals surface area contributed by atoms with Crippen LogP contribution in [-0.2, 0) is 9.53 Å². The number of rotatable bonds is 4. The van der Waals surface area contributed by atoms with E-state index in [1.165, 1.54) is 0 Å². The first-order valence-corrected chi connectivity index (χ1v) is 6.91. The minimum Gasteiger partial charge on any atom is -0.550 e. The maximum atomic E-state index is 11.8. The van der Waals surface area contributed by atoms with Gasteiger partial charge in [-0.2, -0.15) is 0 Å². The number of amides is 1. The molecule has 0 bridgehead atoms. The van der Waals surface area contributed by atoms with Crippen LogP contribution in [0.3, 0.4) is 0 Å². The Balaban J connectivity index is 2.85. The van der Waals surface area contributed by atoms with Crippen molar-refractivity contribution in [2.75, 3.05) is 0 Å². The first-order valence-electron chi connectivity index (χ1n) is 6.12. The van der Waals surface area contributed by atoms with Crippen molar-refractivity contribution in [2.24, 2.45) is 0 Å². The van der Waals surface area contributed by atoms with Crippen LogP contribution in [-0.4, -0.2) is 17.7 Å². The highest BCUT2D eigenvalue weighted by Gasteiger charge is 2.20. The number of carbonyl (C=O) groups excluding carboxylic acids is 2.